The largest absolute Gasteiger partial charge is 0.472 e. The molecule has 3 aliphatic carbocycles. The standard InChI is InChI=1S/C36H45ClFN7O8S/c1-5-20-18-36(20,32(48)44-54(50,51)23-14-15-23)43-30(46)26-16-22(52-28-17-27(37)40-33(41-28)39-25-13-9-8-12-24(25)38)19-45(26)31(47)29(35(2,3)4)42-34(49)53-21-10-6-7-11-21/h5,8-9,12-13,17,20-23,26,29H,1,6-7,10-11,14-16,18-19H2,2-4H3,(H,42,49)(H,43,46)(H,44,48)(H,39,40,41)/t20-,22-,26+,29-,36-/m1/s1. The zero-order valence-electron chi connectivity index (χ0n) is 30.3. The normalized spacial score (nSPS) is 24.6. The lowest BCUT2D eigenvalue weighted by Crippen LogP contribution is -2.60. The SMILES string of the molecule is C=C[C@@H]1C[C@]1(NC(=O)[C@@H]1C[C@@H](Oc2cc(Cl)nc(Nc3ccccc3F)n2)CN1C(=O)[C@@H](NC(=O)OC1CCCC1)C(C)(C)C)C(=O)NS(=O)(=O)C1CC1. The van der Waals surface area contributed by atoms with E-state index in [1.165, 1.54) is 35.2 Å². The molecule has 4 aliphatic rings. The highest BCUT2D eigenvalue weighted by atomic mass is 35.5. The Morgan fingerprint density at radius 3 is 2.43 bits per heavy atom. The molecular formula is C36H45ClFN7O8S. The number of amides is 4. The highest BCUT2D eigenvalue weighted by molar-refractivity contribution is 7.91. The van der Waals surface area contributed by atoms with Crippen molar-refractivity contribution in [2.45, 2.75) is 107 Å². The van der Waals surface area contributed by atoms with Gasteiger partial charge in [0.25, 0.3) is 5.91 Å². The van der Waals surface area contributed by atoms with Crippen LogP contribution in [-0.2, 0) is 29.1 Å². The van der Waals surface area contributed by atoms with Crippen LogP contribution in [0.25, 0.3) is 0 Å². The van der Waals surface area contributed by atoms with Crippen LogP contribution in [0.4, 0.5) is 20.8 Å². The molecular weight excluding hydrogens is 745 g/mol. The third-order valence-electron chi connectivity index (χ3n) is 10.1. The first-order valence-corrected chi connectivity index (χ1v) is 19.9. The van der Waals surface area contributed by atoms with Gasteiger partial charge in [-0.1, -0.05) is 50.6 Å². The summed E-state index contributed by atoms with van der Waals surface area (Å²) in [6.45, 7) is 8.87. The Hall–Kier alpha value is -4.51. The van der Waals surface area contributed by atoms with E-state index in [4.69, 9.17) is 21.1 Å². The van der Waals surface area contributed by atoms with E-state index in [2.05, 4.69) is 37.2 Å². The molecule has 292 valence electrons. The zero-order chi connectivity index (χ0) is 39.0. The molecule has 18 heteroatoms. The molecule has 15 nitrogen and oxygen atoms in total. The fourth-order valence-corrected chi connectivity index (χ4v) is 8.42. The van der Waals surface area contributed by atoms with E-state index >= 15 is 0 Å². The summed E-state index contributed by atoms with van der Waals surface area (Å²) in [7, 11) is -3.93. The van der Waals surface area contributed by atoms with Gasteiger partial charge in [-0.2, -0.15) is 4.98 Å². The summed E-state index contributed by atoms with van der Waals surface area (Å²) in [6, 6.07) is 4.83. The van der Waals surface area contributed by atoms with Crippen molar-refractivity contribution in [2.75, 3.05) is 11.9 Å². The molecule has 4 fully saturated rings. The molecule has 54 heavy (non-hydrogen) atoms. The van der Waals surface area contributed by atoms with Crippen molar-refractivity contribution in [3.63, 3.8) is 0 Å². The van der Waals surface area contributed by atoms with Crippen molar-refractivity contribution < 1.29 is 41.5 Å². The Bertz CT molecular complexity index is 1920. The Morgan fingerprint density at radius 1 is 1.09 bits per heavy atom. The van der Waals surface area contributed by atoms with Gasteiger partial charge in [-0.05, 0) is 62.5 Å². The van der Waals surface area contributed by atoms with Crippen LogP contribution >= 0.6 is 11.6 Å². The molecule has 2 heterocycles. The van der Waals surface area contributed by atoms with Crippen molar-refractivity contribution in [2.24, 2.45) is 11.3 Å². The molecule has 1 aromatic heterocycles. The Morgan fingerprint density at radius 2 is 1.80 bits per heavy atom. The number of aromatic nitrogens is 2. The number of sulfonamides is 1. The number of alkyl carbamates (subject to hydrolysis) is 1. The molecule has 5 atom stereocenters. The summed E-state index contributed by atoms with van der Waals surface area (Å²) >= 11 is 6.27. The lowest BCUT2D eigenvalue weighted by atomic mass is 9.85. The Labute approximate surface area is 318 Å². The molecule has 4 N–H and O–H groups in total. The van der Waals surface area contributed by atoms with Gasteiger partial charge in [0.2, 0.25) is 33.7 Å². The van der Waals surface area contributed by atoms with Crippen LogP contribution in [0.2, 0.25) is 5.15 Å². The van der Waals surface area contributed by atoms with Gasteiger partial charge in [0.05, 0.1) is 17.5 Å². The smallest absolute Gasteiger partial charge is 0.408 e. The molecule has 0 bridgehead atoms. The van der Waals surface area contributed by atoms with Crippen molar-refractivity contribution in [3.8, 4) is 5.88 Å². The van der Waals surface area contributed by atoms with E-state index in [1.807, 2.05) is 0 Å². The lowest BCUT2D eigenvalue weighted by Gasteiger charge is -2.35. The van der Waals surface area contributed by atoms with Gasteiger partial charge < -0.3 is 30.3 Å². The van der Waals surface area contributed by atoms with Gasteiger partial charge in [0.1, 0.15) is 40.8 Å². The molecule has 0 unspecified atom stereocenters. The summed E-state index contributed by atoms with van der Waals surface area (Å²) in [6.07, 6.45) is 3.78. The minimum atomic E-state index is -3.93. The van der Waals surface area contributed by atoms with E-state index in [9.17, 15) is 32.0 Å². The Balaban J connectivity index is 1.25. The van der Waals surface area contributed by atoms with Crippen molar-refractivity contribution >= 4 is 57.1 Å². The maximum absolute atomic E-state index is 14.5. The zero-order valence-corrected chi connectivity index (χ0v) is 31.8. The average molecular weight is 790 g/mol. The van der Waals surface area contributed by atoms with Crippen molar-refractivity contribution in [3.05, 3.63) is 54.0 Å². The first-order chi connectivity index (χ1) is 25.5. The minimum absolute atomic E-state index is 0.0323. The number of rotatable bonds is 13. The number of para-hydroxylation sites is 1. The molecule has 1 saturated heterocycles. The monoisotopic (exact) mass is 789 g/mol. The quantitative estimate of drug-likeness (QED) is 0.168. The van der Waals surface area contributed by atoms with E-state index < -0.39 is 80.0 Å². The number of hydrogen-bond acceptors (Lipinski definition) is 11. The van der Waals surface area contributed by atoms with Gasteiger partial charge >= 0.3 is 6.09 Å². The molecule has 1 aromatic carbocycles. The minimum Gasteiger partial charge on any atom is -0.472 e. The number of ether oxygens (including phenoxy) is 2. The maximum atomic E-state index is 14.5. The molecule has 0 radical (unpaired) electrons. The number of carbonyl (C=O) groups excluding carboxylic acids is 4. The first kappa shape index (κ1) is 39.2. The second kappa shape index (κ2) is 15.3. The van der Waals surface area contributed by atoms with Crippen LogP contribution in [0.1, 0.15) is 72.1 Å². The highest BCUT2D eigenvalue weighted by Gasteiger charge is 2.62. The van der Waals surface area contributed by atoms with Crippen LogP contribution in [0.3, 0.4) is 0 Å². The number of halogens is 2. The third-order valence-corrected chi connectivity index (χ3v) is 12.1. The number of carbonyl (C=O) groups is 4. The molecule has 3 saturated carbocycles. The van der Waals surface area contributed by atoms with Crippen LogP contribution < -0.4 is 25.4 Å². The number of likely N-dealkylation sites (tertiary alicyclic amines) is 1. The second-order valence-electron chi connectivity index (χ2n) is 15.4. The molecule has 0 spiro atoms. The van der Waals surface area contributed by atoms with Gasteiger partial charge in [-0.15, -0.1) is 6.58 Å². The number of nitrogens with zero attached hydrogens (tertiary/aromatic N) is 3. The first-order valence-electron chi connectivity index (χ1n) is 18.0. The molecule has 4 amide bonds. The predicted octanol–water partition coefficient (Wildman–Crippen LogP) is 4.11. The topological polar surface area (TPSA) is 198 Å². The maximum Gasteiger partial charge on any atom is 0.408 e. The third kappa shape index (κ3) is 8.88. The summed E-state index contributed by atoms with van der Waals surface area (Å²) < 4.78 is 53.6. The van der Waals surface area contributed by atoms with Crippen molar-refractivity contribution in [1.29, 1.82) is 0 Å². The fraction of sp³-hybridized carbons (Fsp3) is 0.556. The Kier molecular flexibility index (Phi) is 11.1. The van der Waals surface area contributed by atoms with Gasteiger partial charge in [0.15, 0.2) is 0 Å². The summed E-state index contributed by atoms with van der Waals surface area (Å²) in [4.78, 5) is 64.9. The predicted molar refractivity (Wildman–Crippen MR) is 196 cm³/mol. The van der Waals surface area contributed by atoms with E-state index in [0.29, 0.717) is 12.8 Å². The summed E-state index contributed by atoms with van der Waals surface area (Å²) in [5.41, 5.74) is -2.36. The van der Waals surface area contributed by atoms with Crippen LogP contribution in [0.5, 0.6) is 5.88 Å². The van der Waals surface area contributed by atoms with Crippen LogP contribution in [-0.4, -0.2) is 88.7 Å². The summed E-state index contributed by atoms with van der Waals surface area (Å²) in [5.74, 6) is -3.45. The second-order valence-corrected chi connectivity index (χ2v) is 17.7. The van der Waals surface area contributed by atoms with Gasteiger partial charge in [0, 0.05) is 18.4 Å². The van der Waals surface area contributed by atoms with E-state index in [0.717, 1.165) is 25.7 Å². The van der Waals surface area contributed by atoms with E-state index in [1.54, 1.807) is 26.8 Å². The fourth-order valence-electron chi connectivity index (χ4n) is 6.89. The number of nitrogens with one attached hydrogen (secondary N) is 4. The van der Waals surface area contributed by atoms with Crippen LogP contribution in [0.15, 0.2) is 43.0 Å². The van der Waals surface area contributed by atoms with Crippen LogP contribution in [0, 0.1) is 17.2 Å². The number of anilines is 2. The highest BCUT2D eigenvalue weighted by Crippen LogP contribution is 2.45. The van der Waals surface area contributed by atoms with Gasteiger partial charge in [-0.3, -0.25) is 19.1 Å². The molecule has 1 aliphatic heterocycles. The summed E-state index contributed by atoms with van der Waals surface area (Å²) in [5, 5.41) is 7.51. The number of benzene rings is 1. The van der Waals surface area contributed by atoms with Gasteiger partial charge in [-0.25, -0.2) is 22.6 Å². The molecule has 2 aromatic rings. The van der Waals surface area contributed by atoms with E-state index in [-0.39, 0.29) is 48.2 Å². The number of hydrogen-bond donors (Lipinski definition) is 4. The van der Waals surface area contributed by atoms with Crippen molar-refractivity contribution in [1.82, 2.24) is 30.2 Å². The average Bonchev–Trinajstić information content (AvgIpc) is 3.98. The molecule has 6 rings (SSSR count). The lowest BCUT2D eigenvalue weighted by molar-refractivity contribution is -0.143.